The Morgan fingerprint density at radius 2 is 1.57 bits per heavy atom. The van der Waals surface area contributed by atoms with Crippen LogP contribution in [0, 0.1) is 6.92 Å². The molecule has 2 aromatic carbocycles. The molecule has 6 nitrogen and oxygen atoms in total. The molecule has 0 saturated heterocycles. The van der Waals surface area contributed by atoms with Crippen molar-refractivity contribution < 1.29 is 24.9 Å². The third-order valence-corrected chi connectivity index (χ3v) is 3.06. The number of carbonyl (C=O) groups is 2. The van der Waals surface area contributed by atoms with E-state index in [0.29, 0.717) is 11.3 Å². The lowest BCUT2D eigenvalue weighted by Crippen LogP contribution is -2.14. The van der Waals surface area contributed by atoms with Crippen LogP contribution in [0.25, 0.3) is 0 Å². The number of amides is 1. The molecular formula is C15H13NO5. The zero-order valence-electron chi connectivity index (χ0n) is 11.1. The average Bonchev–Trinajstić information content (AvgIpc) is 2.40. The molecule has 0 aliphatic carbocycles. The van der Waals surface area contributed by atoms with Gasteiger partial charge < -0.3 is 20.6 Å². The van der Waals surface area contributed by atoms with Crippen molar-refractivity contribution in [1.82, 2.24) is 0 Å². The maximum Gasteiger partial charge on any atom is 0.336 e. The standard InChI is InChI=1S/C15H13NO5/c1-8-9(15(20)21)4-2-5-10(8)16-14(19)13-11(17)6-3-7-12(13)18/h2-7,17-18H,1H3,(H,16,19)(H,20,21). The number of phenolic OH excluding ortho intramolecular Hbond substituents is 2. The second-order valence-electron chi connectivity index (χ2n) is 4.41. The van der Waals surface area contributed by atoms with Crippen molar-refractivity contribution in [2.45, 2.75) is 6.92 Å². The SMILES string of the molecule is Cc1c(NC(=O)c2c(O)cccc2O)cccc1C(=O)O. The Hall–Kier alpha value is -3.02. The van der Waals surface area contributed by atoms with Crippen LogP contribution in [0.5, 0.6) is 11.5 Å². The van der Waals surface area contributed by atoms with E-state index in [2.05, 4.69) is 5.32 Å². The Balaban J connectivity index is 2.37. The Morgan fingerprint density at radius 1 is 1.00 bits per heavy atom. The minimum atomic E-state index is -1.10. The quantitative estimate of drug-likeness (QED) is 0.693. The second-order valence-corrected chi connectivity index (χ2v) is 4.41. The van der Waals surface area contributed by atoms with Gasteiger partial charge in [0.05, 0.1) is 5.56 Å². The number of anilines is 1. The zero-order valence-corrected chi connectivity index (χ0v) is 11.1. The zero-order chi connectivity index (χ0) is 15.6. The highest BCUT2D eigenvalue weighted by atomic mass is 16.4. The van der Waals surface area contributed by atoms with Gasteiger partial charge in [-0.15, -0.1) is 0 Å². The Kier molecular flexibility index (Phi) is 3.80. The molecule has 108 valence electrons. The van der Waals surface area contributed by atoms with E-state index >= 15 is 0 Å². The smallest absolute Gasteiger partial charge is 0.336 e. The number of hydrogen-bond donors (Lipinski definition) is 4. The van der Waals surface area contributed by atoms with E-state index in [4.69, 9.17) is 5.11 Å². The first kappa shape index (κ1) is 14.4. The van der Waals surface area contributed by atoms with Crippen LogP contribution in [0.2, 0.25) is 0 Å². The van der Waals surface area contributed by atoms with Gasteiger partial charge in [-0.25, -0.2) is 4.79 Å². The molecule has 4 N–H and O–H groups in total. The third kappa shape index (κ3) is 2.79. The number of hydrogen-bond acceptors (Lipinski definition) is 4. The molecule has 0 radical (unpaired) electrons. The van der Waals surface area contributed by atoms with Gasteiger partial charge in [0.25, 0.3) is 5.91 Å². The predicted molar refractivity (Wildman–Crippen MR) is 75.9 cm³/mol. The molecule has 0 heterocycles. The van der Waals surface area contributed by atoms with Crippen LogP contribution in [0.3, 0.4) is 0 Å². The molecule has 1 amide bonds. The molecule has 0 fully saturated rings. The summed E-state index contributed by atoms with van der Waals surface area (Å²) in [6.45, 7) is 1.56. The molecule has 0 saturated carbocycles. The number of rotatable bonds is 3. The highest BCUT2D eigenvalue weighted by Crippen LogP contribution is 2.28. The summed E-state index contributed by atoms with van der Waals surface area (Å²) in [5, 5.41) is 30.8. The van der Waals surface area contributed by atoms with E-state index in [1.54, 1.807) is 6.92 Å². The molecule has 0 unspecified atom stereocenters. The minimum absolute atomic E-state index is 0.0642. The first-order valence-electron chi connectivity index (χ1n) is 6.07. The van der Waals surface area contributed by atoms with Crippen molar-refractivity contribution in [1.29, 1.82) is 0 Å². The molecule has 2 rings (SSSR count). The molecule has 0 aromatic heterocycles. The fourth-order valence-corrected chi connectivity index (χ4v) is 1.95. The van der Waals surface area contributed by atoms with Crippen LogP contribution in [-0.4, -0.2) is 27.2 Å². The topological polar surface area (TPSA) is 107 Å². The molecule has 6 heteroatoms. The number of nitrogens with one attached hydrogen (secondary N) is 1. The highest BCUT2D eigenvalue weighted by Gasteiger charge is 2.18. The Morgan fingerprint density at radius 3 is 2.14 bits per heavy atom. The van der Waals surface area contributed by atoms with Crippen molar-refractivity contribution in [3.8, 4) is 11.5 Å². The minimum Gasteiger partial charge on any atom is -0.507 e. The predicted octanol–water partition coefficient (Wildman–Crippen LogP) is 2.36. The number of phenols is 2. The Labute approximate surface area is 120 Å². The molecular weight excluding hydrogens is 274 g/mol. The van der Waals surface area contributed by atoms with Crippen molar-refractivity contribution in [3.63, 3.8) is 0 Å². The first-order chi connectivity index (χ1) is 9.91. The van der Waals surface area contributed by atoms with Gasteiger partial charge in [-0.1, -0.05) is 12.1 Å². The van der Waals surface area contributed by atoms with Crippen molar-refractivity contribution in [2.75, 3.05) is 5.32 Å². The van der Waals surface area contributed by atoms with Gasteiger partial charge in [0.15, 0.2) is 0 Å². The van der Waals surface area contributed by atoms with Crippen molar-refractivity contribution in [3.05, 3.63) is 53.1 Å². The summed E-state index contributed by atoms with van der Waals surface area (Å²) in [5.41, 5.74) is 0.475. The summed E-state index contributed by atoms with van der Waals surface area (Å²) < 4.78 is 0. The van der Waals surface area contributed by atoms with E-state index in [9.17, 15) is 19.8 Å². The van der Waals surface area contributed by atoms with Gasteiger partial charge in [0, 0.05) is 5.69 Å². The third-order valence-electron chi connectivity index (χ3n) is 3.06. The lowest BCUT2D eigenvalue weighted by atomic mass is 10.1. The molecule has 0 atom stereocenters. The summed E-state index contributed by atoms with van der Waals surface area (Å²) in [7, 11) is 0. The Bertz CT molecular complexity index is 704. The van der Waals surface area contributed by atoms with Gasteiger partial charge in [-0.2, -0.15) is 0 Å². The van der Waals surface area contributed by atoms with Crippen LogP contribution in [0.4, 0.5) is 5.69 Å². The van der Waals surface area contributed by atoms with Gasteiger partial charge in [-0.3, -0.25) is 4.79 Å². The lowest BCUT2D eigenvalue weighted by Gasteiger charge is -2.12. The van der Waals surface area contributed by atoms with Crippen LogP contribution < -0.4 is 5.32 Å². The maximum absolute atomic E-state index is 12.1. The fourth-order valence-electron chi connectivity index (χ4n) is 1.95. The number of aromatic carboxylic acids is 1. The number of aromatic hydroxyl groups is 2. The van der Waals surface area contributed by atoms with Crippen LogP contribution in [-0.2, 0) is 0 Å². The molecule has 0 bridgehead atoms. The van der Waals surface area contributed by atoms with Crippen LogP contribution in [0.15, 0.2) is 36.4 Å². The van der Waals surface area contributed by atoms with Gasteiger partial charge >= 0.3 is 5.97 Å². The highest BCUT2D eigenvalue weighted by molar-refractivity contribution is 6.08. The monoisotopic (exact) mass is 287 g/mol. The molecule has 21 heavy (non-hydrogen) atoms. The summed E-state index contributed by atoms with van der Waals surface area (Å²) in [6.07, 6.45) is 0. The molecule has 0 spiro atoms. The van der Waals surface area contributed by atoms with Crippen LogP contribution in [0.1, 0.15) is 26.3 Å². The normalized spacial score (nSPS) is 10.1. The maximum atomic E-state index is 12.1. The van der Waals surface area contributed by atoms with Gasteiger partial charge in [0.1, 0.15) is 17.1 Å². The molecule has 0 aliphatic heterocycles. The van der Waals surface area contributed by atoms with E-state index in [1.807, 2.05) is 0 Å². The number of carbonyl (C=O) groups excluding carboxylic acids is 1. The van der Waals surface area contributed by atoms with Crippen LogP contribution >= 0.6 is 0 Å². The summed E-state index contributed by atoms with van der Waals surface area (Å²) >= 11 is 0. The fraction of sp³-hybridized carbons (Fsp3) is 0.0667. The first-order valence-corrected chi connectivity index (χ1v) is 6.07. The molecule has 0 aliphatic rings. The van der Waals surface area contributed by atoms with Gasteiger partial charge in [-0.05, 0) is 36.8 Å². The van der Waals surface area contributed by atoms with Crippen molar-refractivity contribution in [2.24, 2.45) is 0 Å². The summed E-state index contributed by atoms with van der Waals surface area (Å²) in [6, 6.07) is 8.40. The summed E-state index contributed by atoms with van der Waals surface area (Å²) in [4.78, 5) is 23.2. The largest absolute Gasteiger partial charge is 0.507 e. The second kappa shape index (κ2) is 5.54. The average molecular weight is 287 g/mol. The van der Waals surface area contributed by atoms with Gasteiger partial charge in [0.2, 0.25) is 0 Å². The van der Waals surface area contributed by atoms with Crippen molar-refractivity contribution >= 4 is 17.6 Å². The van der Waals surface area contributed by atoms with E-state index in [-0.39, 0.29) is 22.6 Å². The van der Waals surface area contributed by atoms with E-state index in [1.165, 1.54) is 36.4 Å². The summed E-state index contributed by atoms with van der Waals surface area (Å²) in [5.74, 6) is -2.55. The van der Waals surface area contributed by atoms with E-state index in [0.717, 1.165) is 0 Å². The lowest BCUT2D eigenvalue weighted by molar-refractivity contribution is 0.0695. The number of benzene rings is 2. The van der Waals surface area contributed by atoms with E-state index < -0.39 is 11.9 Å². The molecule has 2 aromatic rings. The number of carboxylic acids is 1. The number of carboxylic acid groups (broad SMARTS) is 1.